The maximum Gasteiger partial charge on any atom is 0.120 e. The topological polar surface area (TPSA) is 38.9 Å². The van der Waals surface area contributed by atoms with Gasteiger partial charge in [0.15, 0.2) is 0 Å². The number of furan rings is 1. The van der Waals surface area contributed by atoms with Crippen LogP contribution in [0.3, 0.4) is 0 Å². The van der Waals surface area contributed by atoms with Gasteiger partial charge in [-0.3, -0.25) is 0 Å². The van der Waals surface area contributed by atoms with Crippen LogP contribution in [0.2, 0.25) is 19.6 Å². The van der Waals surface area contributed by atoms with Crippen LogP contribution in [0.15, 0.2) is 95.7 Å². The summed E-state index contributed by atoms with van der Waals surface area (Å²) >= 11 is 0. The molecule has 1 saturated carbocycles. The first kappa shape index (κ1) is 30.1. The fourth-order valence-corrected chi connectivity index (χ4v) is 7.28. The standard InChI is InChI=1S/C25H26NOSi.C12H10N.Ir/c1-28(2,3)23-13-7-11-20-19-10-6-12-21(24(19)27-25(20)23)22-16-18(14-15-26-22)17-8-4-5-9-17;1-10-7-8-12(13-9-10)11-5-3-2-4-6-11;/h6-7,10-11,13-17H,4-5,8-9H2,1-3H3;2-5,7-9H,1H3;/q2*-1;. The number of aryl methyl sites for hydroxylation is 1. The van der Waals surface area contributed by atoms with Crippen LogP contribution in [-0.4, -0.2) is 18.0 Å². The second-order valence-corrected chi connectivity index (χ2v) is 17.1. The van der Waals surface area contributed by atoms with E-state index in [-0.39, 0.29) is 20.1 Å². The molecular weight excluding hydrogens is 709 g/mol. The van der Waals surface area contributed by atoms with Gasteiger partial charge in [-0.25, -0.2) is 0 Å². The maximum absolute atomic E-state index is 6.52. The quantitative estimate of drug-likeness (QED) is 0.133. The summed E-state index contributed by atoms with van der Waals surface area (Å²) in [7, 11) is -1.50. The van der Waals surface area contributed by atoms with Crippen LogP contribution in [0, 0.1) is 19.1 Å². The van der Waals surface area contributed by atoms with Crippen LogP contribution in [0.5, 0.6) is 0 Å². The molecule has 0 saturated heterocycles. The molecule has 0 amide bonds. The second-order valence-electron chi connectivity index (χ2n) is 12.1. The van der Waals surface area contributed by atoms with Gasteiger partial charge in [0, 0.05) is 37.9 Å². The van der Waals surface area contributed by atoms with Crippen LogP contribution in [-0.2, 0) is 20.1 Å². The minimum absolute atomic E-state index is 0. The van der Waals surface area contributed by atoms with Gasteiger partial charge >= 0.3 is 0 Å². The number of hydrogen-bond donors (Lipinski definition) is 0. The average Bonchev–Trinajstić information content (AvgIpc) is 3.66. The van der Waals surface area contributed by atoms with Crippen LogP contribution in [0.1, 0.15) is 42.7 Å². The number of benzene rings is 3. The van der Waals surface area contributed by atoms with Crippen molar-refractivity contribution >= 4 is 35.2 Å². The Kier molecular flexibility index (Phi) is 9.22. The number of hydrogen-bond acceptors (Lipinski definition) is 3. The van der Waals surface area contributed by atoms with E-state index in [0.29, 0.717) is 5.92 Å². The van der Waals surface area contributed by atoms with E-state index in [9.17, 15) is 0 Å². The molecule has 1 aliphatic carbocycles. The molecule has 3 aromatic heterocycles. The molecular formula is C37H36IrN2OSi-2. The molecule has 0 spiro atoms. The average molecular weight is 745 g/mol. The summed E-state index contributed by atoms with van der Waals surface area (Å²) in [5.41, 5.74) is 8.53. The maximum atomic E-state index is 6.52. The van der Waals surface area contributed by atoms with Crippen molar-refractivity contribution in [3.63, 3.8) is 0 Å². The summed E-state index contributed by atoms with van der Waals surface area (Å²) < 4.78 is 6.52. The predicted molar refractivity (Wildman–Crippen MR) is 173 cm³/mol. The van der Waals surface area contributed by atoms with Crippen LogP contribution in [0.4, 0.5) is 0 Å². The van der Waals surface area contributed by atoms with E-state index in [0.717, 1.165) is 39.1 Å². The molecule has 215 valence electrons. The first-order valence-corrected chi connectivity index (χ1v) is 18.1. The van der Waals surface area contributed by atoms with Gasteiger partial charge in [0.1, 0.15) is 5.58 Å². The number of fused-ring (bicyclic) bond motifs is 3. The van der Waals surface area contributed by atoms with E-state index in [1.165, 1.54) is 47.4 Å². The van der Waals surface area contributed by atoms with Gasteiger partial charge < -0.3 is 14.4 Å². The minimum Gasteiger partial charge on any atom is -0.501 e. The number of rotatable bonds is 4. The molecule has 0 atom stereocenters. The van der Waals surface area contributed by atoms with Gasteiger partial charge in [-0.1, -0.05) is 85.4 Å². The Labute approximate surface area is 263 Å². The van der Waals surface area contributed by atoms with Crippen molar-refractivity contribution in [3.8, 4) is 22.5 Å². The molecule has 0 aliphatic heterocycles. The zero-order valence-corrected chi connectivity index (χ0v) is 28.1. The Bertz CT molecular complexity index is 1780. The van der Waals surface area contributed by atoms with E-state index in [1.807, 2.05) is 55.7 Å². The summed E-state index contributed by atoms with van der Waals surface area (Å²) in [6.07, 6.45) is 9.09. The summed E-state index contributed by atoms with van der Waals surface area (Å²) in [6, 6.07) is 33.7. The SMILES string of the molecule is C[Si](C)(C)c1cccc2c1oc1c(-c3cc(C4CCCC4)ccn3)[c-]ccc12.Cc1ccc(-c2[c-]cccc2)nc1.[Ir]. The van der Waals surface area contributed by atoms with Crippen molar-refractivity contribution in [2.45, 2.75) is 58.2 Å². The first-order valence-electron chi connectivity index (χ1n) is 14.6. The van der Waals surface area contributed by atoms with Gasteiger partial charge in [0.25, 0.3) is 0 Å². The fourth-order valence-electron chi connectivity index (χ4n) is 5.82. The third-order valence-corrected chi connectivity index (χ3v) is 10.0. The minimum atomic E-state index is -1.50. The number of aromatic nitrogens is 2. The van der Waals surface area contributed by atoms with Crippen molar-refractivity contribution in [1.82, 2.24) is 9.97 Å². The molecule has 42 heavy (non-hydrogen) atoms. The number of nitrogens with zero attached hydrogens (tertiary/aromatic N) is 2. The Morgan fingerprint density at radius 2 is 1.60 bits per heavy atom. The van der Waals surface area contributed by atoms with Crippen molar-refractivity contribution in [3.05, 3.63) is 115 Å². The fraction of sp³-hybridized carbons (Fsp3) is 0.243. The van der Waals surface area contributed by atoms with Gasteiger partial charge in [-0.05, 0) is 53.9 Å². The predicted octanol–water partition coefficient (Wildman–Crippen LogP) is 9.51. The Morgan fingerprint density at radius 1 is 0.786 bits per heavy atom. The molecule has 1 fully saturated rings. The molecule has 1 radical (unpaired) electrons. The summed E-state index contributed by atoms with van der Waals surface area (Å²) in [5, 5.41) is 3.74. The smallest absolute Gasteiger partial charge is 0.120 e. The molecule has 0 bridgehead atoms. The molecule has 3 heterocycles. The van der Waals surface area contributed by atoms with E-state index in [1.54, 1.807) is 0 Å². The third kappa shape index (κ3) is 6.34. The molecule has 3 nitrogen and oxygen atoms in total. The Hall–Kier alpha value is -3.37. The third-order valence-electron chi connectivity index (χ3n) is 8.03. The van der Waals surface area contributed by atoms with Gasteiger partial charge in [0.2, 0.25) is 0 Å². The summed E-state index contributed by atoms with van der Waals surface area (Å²) in [6.45, 7) is 9.14. The first-order chi connectivity index (χ1) is 19.9. The Morgan fingerprint density at radius 3 is 2.31 bits per heavy atom. The van der Waals surface area contributed by atoms with Gasteiger partial charge in [-0.15, -0.1) is 54.1 Å². The van der Waals surface area contributed by atoms with E-state index in [4.69, 9.17) is 4.42 Å². The molecule has 5 heteroatoms. The molecule has 1 aliphatic rings. The van der Waals surface area contributed by atoms with Gasteiger partial charge in [-0.2, -0.15) is 0 Å². The zero-order valence-electron chi connectivity index (χ0n) is 24.7. The molecule has 7 rings (SSSR count). The van der Waals surface area contributed by atoms with Gasteiger partial charge in [0.05, 0.1) is 13.7 Å². The molecule has 0 unspecified atom stereocenters. The monoisotopic (exact) mass is 745 g/mol. The zero-order chi connectivity index (χ0) is 28.4. The summed E-state index contributed by atoms with van der Waals surface area (Å²) in [5.74, 6) is 0.676. The van der Waals surface area contributed by atoms with E-state index >= 15 is 0 Å². The van der Waals surface area contributed by atoms with Crippen molar-refractivity contribution in [1.29, 1.82) is 0 Å². The number of pyridine rings is 2. The summed E-state index contributed by atoms with van der Waals surface area (Å²) in [4.78, 5) is 9.01. The van der Waals surface area contributed by atoms with Crippen LogP contribution < -0.4 is 5.19 Å². The molecule has 3 aromatic carbocycles. The van der Waals surface area contributed by atoms with Crippen molar-refractivity contribution in [2.24, 2.45) is 0 Å². The van der Waals surface area contributed by atoms with E-state index in [2.05, 4.69) is 84.2 Å². The molecule has 6 aromatic rings. The van der Waals surface area contributed by atoms with Crippen molar-refractivity contribution in [2.75, 3.05) is 0 Å². The van der Waals surface area contributed by atoms with Crippen LogP contribution in [0.25, 0.3) is 44.5 Å². The van der Waals surface area contributed by atoms with E-state index < -0.39 is 8.07 Å². The van der Waals surface area contributed by atoms with Crippen LogP contribution >= 0.6 is 0 Å². The largest absolute Gasteiger partial charge is 0.501 e. The normalized spacial score (nSPS) is 13.5. The second kappa shape index (κ2) is 12.9. The number of para-hydroxylation sites is 1. The Balaban J connectivity index is 0.000000212. The molecule has 0 N–H and O–H groups in total. The van der Waals surface area contributed by atoms with Crippen molar-refractivity contribution < 1.29 is 24.5 Å².